The minimum atomic E-state index is -4.42. The third kappa shape index (κ3) is 5.61. The summed E-state index contributed by atoms with van der Waals surface area (Å²) in [7, 11) is 0. The molecule has 3 rings (SSSR count). The molecule has 0 nitrogen and oxygen atoms in total. The second-order valence-electron chi connectivity index (χ2n) is 9.04. The fourth-order valence-electron chi connectivity index (χ4n) is 4.81. The van der Waals surface area contributed by atoms with Crippen molar-refractivity contribution in [1.82, 2.24) is 0 Å². The van der Waals surface area contributed by atoms with E-state index < -0.39 is 17.9 Å². The summed E-state index contributed by atoms with van der Waals surface area (Å²) in [5, 5.41) is 1.22. The van der Waals surface area contributed by atoms with Crippen molar-refractivity contribution < 1.29 is 13.2 Å². The Balaban J connectivity index is 2.33. The molecule has 0 aliphatic rings. The van der Waals surface area contributed by atoms with E-state index >= 15 is 0 Å². The van der Waals surface area contributed by atoms with Gasteiger partial charge in [-0.2, -0.15) is 35.9 Å². The highest BCUT2D eigenvalue weighted by molar-refractivity contribution is 7.11. The van der Waals surface area contributed by atoms with Gasteiger partial charge in [-0.25, -0.2) is 0 Å². The summed E-state index contributed by atoms with van der Waals surface area (Å²) in [5.41, 5.74) is 3.74. The van der Waals surface area contributed by atoms with Crippen molar-refractivity contribution in [3.8, 4) is 0 Å². The summed E-state index contributed by atoms with van der Waals surface area (Å²) < 4.78 is 41.1. The minimum absolute atomic E-state index is 0.609. The van der Waals surface area contributed by atoms with Gasteiger partial charge in [0.1, 0.15) is 0 Å². The third-order valence-electron chi connectivity index (χ3n) is 6.80. The lowest BCUT2D eigenvalue weighted by atomic mass is 9.14. The third-order valence-corrected chi connectivity index (χ3v) is 7.62. The molecular weight excluding hydrogens is 463 g/mol. The van der Waals surface area contributed by atoms with Crippen molar-refractivity contribution in [3.63, 3.8) is 0 Å². The molecule has 3 aromatic carbocycles. The quantitative estimate of drug-likeness (QED) is 0.224. The first-order valence-electron chi connectivity index (χ1n) is 11.5. The SMILES string of the molecule is CCCCCC[B-](c1cccc(C(F)(F)F)c1)(c1ccc(C)c(Cl)c1)c1ccc(C)c(Cl)c1. The number of benzene rings is 3. The molecule has 6 heteroatoms. The van der Waals surface area contributed by atoms with Crippen molar-refractivity contribution in [2.45, 2.75) is 59.0 Å². The van der Waals surface area contributed by atoms with Crippen molar-refractivity contribution in [1.29, 1.82) is 0 Å². The number of hydrogen-bond acceptors (Lipinski definition) is 0. The molecule has 0 bridgehead atoms. The second-order valence-corrected chi connectivity index (χ2v) is 9.85. The molecule has 0 unspecified atom stereocenters. The lowest BCUT2D eigenvalue weighted by Crippen LogP contribution is -2.67. The van der Waals surface area contributed by atoms with Gasteiger partial charge in [0.15, 0.2) is 0 Å². The molecule has 0 aromatic heterocycles. The first-order chi connectivity index (χ1) is 15.6. The van der Waals surface area contributed by atoms with Crippen LogP contribution in [0.1, 0.15) is 49.3 Å². The van der Waals surface area contributed by atoms with Gasteiger partial charge in [-0.1, -0.05) is 116 Å². The van der Waals surface area contributed by atoms with E-state index in [-0.39, 0.29) is 0 Å². The van der Waals surface area contributed by atoms with Crippen molar-refractivity contribution in [3.05, 3.63) is 87.4 Å². The minimum Gasteiger partial charge on any atom is -0.199 e. The standard InChI is InChI=1S/C27H29BCl2F3/c1-4-5-6-7-15-28(23-13-11-19(2)25(29)17-23,24-14-12-20(3)26(30)18-24)22-10-8-9-21(16-22)27(31,32)33/h8-14,16-18H,4-7,15H2,1-3H3/q-1. The predicted octanol–water partition coefficient (Wildman–Crippen LogP) is 7.68. The maximum atomic E-state index is 13.7. The molecule has 0 atom stereocenters. The van der Waals surface area contributed by atoms with Gasteiger partial charge in [0, 0.05) is 10.0 Å². The van der Waals surface area contributed by atoms with Crippen LogP contribution >= 0.6 is 23.2 Å². The Morgan fingerprint density at radius 1 is 0.727 bits per heavy atom. The fourth-order valence-corrected chi connectivity index (χ4v) is 5.19. The zero-order valence-electron chi connectivity index (χ0n) is 19.3. The van der Waals surface area contributed by atoms with Gasteiger partial charge in [-0.3, -0.25) is 0 Å². The van der Waals surface area contributed by atoms with Crippen LogP contribution < -0.4 is 16.4 Å². The van der Waals surface area contributed by atoms with E-state index in [1.165, 1.54) is 12.1 Å². The lowest BCUT2D eigenvalue weighted by molar-refractivity contribution is -0.137. The molecule has 0 aliphatic carbocycles. The van der Waals surface area contributed by atoms with Gasteiger partial charge in [0.05, 0.1) is 11.7 Å². The van der Waals surface area contributed by atoms with Crippen molar-refractivity contribution in [2.24, 2.45) is 0 Å². The van der Waals surface area contributed by atoms with Crippen LogP contribution in [0.3, 0.4) is 0 Å². The molecule has 0 saturated carbocycles. The largest absolute Gasteiger partial charge is 0.416 e. The molecule has 0 spiro atoms. The Bertz CT molecular complexity index is 1060. The van der Waals surface area contributed by atoms with Crippen LogP contribution in [-0.2, 0) is 6.18 Å². The summed E-state index contributed by atoms with van der Waals surface area (Å²) >= 11 is 13.1. The van der Waals surface area contributed by atoms with Crippen LogP contribution in [0, 0.1) is 13.8 Å². The Labute approximate surface area is 205 Å². The summed E-state index contributed by atoms with van der Waals surface area (Å²) in [6.07, 6.45) is -1.39. The highest BCUT2D eigenvalue weighted by atomic mass is 35.5. The van der Waals surface area contributed by atoms with Crippen LogP contribution in [0.5, 0.6) is 0 Å². The Morgan fingerprint density at radius 2 is 1.27 bits per heavy atom. The smallest absolute Gasteiger partial charge is 0.199 e. The van der Waals surface area contributed by atoms with Gasteiger partial charge in [0.25, 0.3) is 0 Å². The maximum Gasteiger partial charge on any atom is 0.416 e. The lowest BCUT2D eigenvalue weighted by Gasteiger charge is -2.44. The molecule has 0 N–H and O–H groups in total. The highest BCUT2D eigenvalue weighted by Gasteiger charge is 2.34. The summed E-state index contributed by atoms with van der Waals surface area (Å²) in [6, 6.07) is 17.5. The number of unbranched alkanes of at least 4 members (excludes halogenated alkanes) is 3. The van der Waals surface area contributed by atoms with E-state index in [0.717, 1.165) is 53.8 Å². The fraction of sp³-hybridized carbons (Fsp3) is 0.333. The molecule has 0 heterocycles. The summed E-state index contributed by atoms with van der Waals surface area (Å²) in [6.45, 7) is 5.99. The average molecular weight is 492 g/mol. The molecular formula is C27H29BCl2F3-. The zero-order valence-corrected chi connectivity index (χ0v) is 20.8. The van der Waals surface area contributed by atoms with Crippen LogP contribution in [-0.4, -0.2) is 6.15 Å². The maximum absolute atomic E-state index is 13.7. The van der Waals surface area contributed by atoms with Crippen molar-refractivity contribution >= 4 is 45.7 Å². The van der Waals surface area contributed by atoms with Crippen LogP contribution in [0.15, 0.2) is 60.7 Å². The van der Waals surface area contributed by atoms with Gasteiger partial charge in [-0.15, -0.1) is 0 Å². The number of hydrogen-bond donors (Lipinski definition) is 0. The summed E-state index contributed by atoms with van der Waals surface area (Å²) in [4.78, 5) is 0. The molecule has 33 heavy (non-hydrogen) atoms. The van der Waals surface area contributed by atoms with E-state index in [1.54, 1.807) is 0 Å². The van der Waals surface area contributed by atoms with Crippen molar-refractivity contribution in [2.75, 3.05) is 0 Å². The Hall–Kier alpha value is -1.91. The Kier molecular flexibility index (Phi) is 8.24. The monoisotopic (exact) mass is 491 g/mol. The molecule has 3 aromatic rings. The zero-order chi connectivity index (χ0) is 24.2. The first kappa shape index (κ1) is 25.7. The van der Waals surface area contributed by atoms with Gasteiger partial charge in [-0.05, 0) is 25.0 Å². The molecule has 0 fully saturated rings. The molecule has 0 amide bonds. The number of rotatable bonds is 8. The molecule has 0 aliphatic heterocycles. The second kappa shape index (κ2) is 10.6. The van der Waals surface area contributed by atoms with E-state index in [1.807, 2.05) is 56.3 Å². The van der Waals surface area contributed by atoms with Crippen LogP contribution in [0.4, 0.5) is 13.2 Å². The van der Waals surface area contributed by atoms with Gasteiger partial charge >= 0.3 is 6.18 Å². The molecule has 0 saturated heterocycles. The molecule has 0 radical (unpaired) electrons. The van der Waals surface area contributed by atoms with E-state index in [4.69, 9.17) is 23.2 Å². The molecule has 176 valence electrons. The topological polar surface area (TPSA) is 0 Å². The van der Waals surface area contributed by atoms with Crippen LogP contribution in [0.2, 0.25) is 16.4 Å². The van der Waals surface area contributed by atoms with E-state index in [9.17, 15) is 13.2 Å². The van der Waals surface area contributed by atoms with Gasteiger partial charge in [0.2, 0.25) is 0 Å². The first-order valence-corrected chi connectivity index (χ1v) is 12.2. The van der Waals surface area contributed by atoms with E-state index in [2.05, 4.69) is 6.92 Å². The van der Waals surface area contributed by atoms with E-state index in [0.29, 0.717) is 21.8 Å². The predicted molar refractivity (Wildman–Crippen MR) is 137 cm³/mol. The Morgan fingerprint density at radius 3 is 1.76 bits per heavy atom. The number of halogens is 5. The summed E-state index contributed by atoms with van der Waals surface area (Å²) in [5.74, 6) is 0. The van der Waals surface area contributed by atoms with Gasteiger partial charge < -0.3 is 0 Å². The number of alkyl halides is 3. The number of aryl methyl sites for hydroxylation is 2. The van der Waals surface area contributed by atoms with Crippen LogP contribution in [0.25, 0.3) is 0 Å². The highest BCUT2D eigenvalue weighted by Crippen LogP contribution is 2.30. The normalized spacial score (nSPS) is 12.2. The average Bonchev–Trinajstić information content (AvgIpc) is 2.78.